The van der Waals surface area contributed by atoms with E-state index in [1.165, 1.54) is 18.2 Å². The van der Waals surface area contributed by atoms with Crippen LogP contribution in [0.15, 0.2) is 47.7 Å². The van der Waals surface area contributed by atoms with E-state index in [9.17, 15) is 8.78 Å². The molecule has 3 aromatic rings. The Morgan fingerprint density at radius 2 is 2.13 bits per heavy atom. The number of nitrogens with one attached hydrogen (secondary N) is 1. The van der Waals surface area contributed by atoms with Crippen molar-refractivity contribution in [2.45, 2.75) is 13.3 Å². The fourth-order valence-electron chi connectivity index (χ4n) is 2.71. The first-order valence-corrected chi connectivity index (χ1v) is 8.80. The predicted molar refractivity (Wildman–Crippen MR) is 104 cm³/mol. The number of nitriles is 1. The van der Waals surface area contributed by atoms with Crippen molar-refractivity contribution in [3.8, 4) is 23.2 Å². The van der Waals surface area contributed by atoms with E-state index in [2.05, 4.69) is 26.4 Å². The molecule has 0 aromatic carbocycles. The highest BCUT2D eigenvalue weighted by Crippen LogP contribution is 2.25. The number of ether oxygens (including phenoxy) is 1. The topological polar surface area (TPSA) is 113 Å². The number of hydrogen-bond acceptors (Lipinski definition) is 7. The van der Waals surface area contributed by atoms with Gasteiger partial charge in [-0.15, -0.1) is 10.2 Å². The van der Waals surface area contributed by atoms with Crippen LogP contribution in [-0.4, -0.2) is 26.4 Å². The lowest BCUT2D eigenvalue weighted by molar-refractivity contribution is 0.151. The summed E-state index contributed by atoms with van der Waals surface area (Å²) < 4.78 is 32.5. The van der Waals surface area contributed by atoms with Crippen molar-refractivity contribution in [3.63, 3.8) is 0 Å². The van der Waals surface area contributed by atoms with Gasteiger partial charge >= 0.3 is 0 Å². The van der Waals surface area contributed by atoms with Crippen LogP contribution in [0.25, 0.3) is 17.0 Å². The van der Waals surface area contributed by atoms with E-state index in [4.69, 9.17) is 15.5 Å². The summed E-state index contributed by atoms with van der Waals surface area (Å²) in [4.78, 5) is 3.90. The van der Waals surface area contributed by atoms with Crippen LogP contribution in [0.1, 0.15) is 29.1 Å². The predicted octanol–water partition coefficient (Wildman–Crippen LogP) is 4.45. The summed E-state index contributed by atoms with van der Waals surface area (Å²) in [5.41, 5.74) is 10.4. The van der Waals surface area contributed by atoms with Crippen molar-refractivity contribution in [2.24, 2.45) is 12.2 Å². The summed E-state index contributed by atoms with van der Waals surface area (Å²) in [5, 5.41) is 20.7. The number of alkyl halides is 2. The van der Waals surface area contributed by atoms with Gasteiger partial charge in [0.2, 0.25) is 5.88 Å². The second-order valence-corrected chi connectivity index (χ2v) is 6.25. The van der Waals surface area contributed by atoms with E-state index in [0.29, 0.717) is 11.4 Å². The average Bonchev–Trinajstić information content (AvgIpc) is 3.06. The molecule has 0 bridgehead atoms. The Labute approximate surface area is 171 Å². The second kappa shape index (κ2) is 9.00. The third-order valence-electron chi connectivity index (χ3n) is 4.50. The van der Waals surface area contributed by atoms with E-state index in [-0.39, 0.29) is 29.4 Å². The van der Waals surface area contributed by atoms with Crippen LogP contribution in [0, 0.1) is 23.8 Å². The van der Waals surface area contributed by atoms with Crippen molar-refractivity contribution in [1.29, 1.82) is 10.8 Å². The molecule has 0 aliphatic rings. The zero-order valence-electron chi connectivity index (χ0n) is 16.2. The van der Waals surface area contributed by atoms with Crippen LogP contribution in [0.2, 0.25) is 0 Å². The maximum absolute atomic E-state index is 12.6. The van der Waals surface area contributed by atoms with Crippen molar-refractivity contribution < 1.29 is 13.5 Å². The molecule has 0 aliphatic heterocycles. The molecule has 0 unspecified atom stereocenters. The molecule has 0 fully saturated rings. The largest absolute Gasteiger partial charge is 0.472 e. The van der Waals surface area contributed by atoms with Gasteiger partial charge in [-0.05, 0) is 37.3 Å². The van der Waals surface area contributed by atoms with Crippen LogP contribution in [0.4, 0.5) is 8.78 Å². The minimum absolute atomic E-state index is 0.0347. The lowest BCUT2D eigenvalue weighted by atomic mass is 10.2. The lowest BCUT2D eigenvalue weighted by Gasteiger charge is -2.05. The average molecular weight is 409 g/mol. The van der Waals surface area contributed by atoms with Gasteiger partial charge in [0, 0.05) is 36.1 Å². The van der Waals surface area contributed by atoms with Crippen molar-refractivity contribution >= 4 is 5.70 Å². The van der Waals surface area contributed by atoms with Crippen molar-refractivity contribution in [2.75, 3.05) is 6.61 Å². The monoisotopic (exact) mass is 409 g/mol. The molecule has 0 aliphatic carbocycles. The molecule has 0 radical (unpaired) electrons. The lowest BCUT2D eigenvalue weighted by Crippen LogP contribution is -2.00. The molecule has 10 heteroatoms. The fraction of sp³-hybridized carbons (Fsp3) is 0.200. The first kappa shape index (κ1) is 20.7. The van der Waals surface area contributed by atoms with Crippen molar-refractivity contribution in [1.82, 2.24) is 19.7 Å². The molecule has 0 atom stereocenters. The molecule has 0 amide bonds. The Hall–Kier alpha value is -4.00. The first-order valence-electron chi connectivity index (χ1n) is 8.80. The third-order valence-corrected chi connectivity index (χ3v) is 4.50. The van der Waals surface area contributed by atoms with Gasteiger partial charge < -0.3 is 9.30 Å². The molecule has 0 spiro atoms. The van der Waals surface area contributed by atoms with Crippen LogP contribution >= 0.6 is 0 Å². The molecule has 3 heterocycles. The molecule has 8 nitrogen and oxygen atoms in total. The SMILES string of the molecule is Cc1c(-c2ccc(OC/C=C(/N=N)c3ccc(C(F)F)cn3)nn2)cc(C#N)n1C. The summed E-state index contributed by atoms with van der Waals surface area (Å²) >= 11 is 0. The summed E-state index contributed by atoms with van der Waals surface area (Å²) in [5.74, 6) is 0.259. The fourth-order valence-corrected chi connectivity index (χ4v) is 2.71. The van der Waals surface area contributed by atoms with Gasteiger partial charge in [0.15, 0.2) is 0 Å². The Morgan fingerprint density at radius 1 is 1.33 bits per heavy atom. The molecule has 0 saturated carbocycles. The Balaban J connectivity index is 1.68. The van der Waals surface area contributed by atoms with Gasteiger partial charge in [0.1, 0.15) is 24.1 Å². The summed E-state index contributed by atoms with van der Waals surface area (Å²) in [7, 11) is 1.81. The molecule has 0 saturated heterocycles. The number of aromatic nitrogens is 4. The number of halogens is 2. The molecular formula is C20H17F2N7O. The standard InChI is InChI=1S/C20H17F2N7O/c1-12-15(9-14(10-23)29(12)2)16-5-6-19(28-27-16)30-8-7-18(26-24)17-4-3-13(11-25-17)20(21)22/h3-7,9,11,20,24H,8H2,1-2H3/b18-7+,26-24?. The zero-order chi connectivity index (χ0) is 21.7. The highest BCUT2D eigenvalue weighted by atomic mass is 19.3. The maximum atomic E-state index is 12.6. The van der Waals surface area contributed by atoms with Gasteiger partial charge in [0.25, 0.3) is 6.43 Å². The van der Waals surface area contributed by atoms with Crippen LogP contribution in [0.5, 0.6) is 5.88 Å². The smallest absolute Gasteiger partial charge is 0.265 e. The molecule has 1 N–H and O–H groups in total. The van der Waals surface area contributed by atoms with Crippen LogP contribution in [0.3, 0.4) is 0 Å². The number of hydrogen-bond donors (Lipinski definition) is 1. The van der Waals surface area contributed by atoms with E-state index in [1.807, 2.05) is 6.92 Å². The highest BCUT2D eigenvalue weighted by molar-refractivity contribution is 5.64. The van der Waals surface area contributed by atoms with Crippen LogP contribution in [-0.2, 0) is 7.05 Å². The molecular weight excluding hydrogens is 392 g/mol. The Kier molecular flexibility index (Phi) is 6.22. The number of nitrogens with zero attached hydrogens (tertiary/aromatic N) is 6. The minimum atomic E-state index is -2.61. The van der Waals surface area contributed by atoms with Gasteiger partial charge in [-0.25, -0.2) is 14.3 Å². The molecule has 152 valence electrons. The normalized spacial score (nSPS) is 11.4. The highest BCUT2D eigenvalue weighted by Gasteiger charge is 2.12. The van der Waals surface area contributed by atoms with Crippen LogP contribution < -0.4 is 4.74 Å². The summed E-state index contributed by atoms with van der Waals surface area (Å²) in [6.07, 6.45) is -0.0658. The Bertz CT molecular complexity index is 1110. The number of pyridine rings is 1. The van der Waals surface area contributed by atoms with E-state index < -0.39 is 6.43 Å². The van der Waals surface area contributed by atoms with E-state index in [0.717, 1.165) is 17.5 Å². The van der Waals surface area contributed by atoms with Crippen molar-refractivity contribution in [3.05, 3.63) is 65.2 Å². The summed E-state index contributed by atoms with van der Waals surface area (Å²) in [6, 6.07) is 9.85. The molecule has 30 heavy (non-hydrogen) atoms. The second-order valence-electron chi connectivity index (χ2n) is 6.25. The molecule has 3 aromatic heterocycles. The van der Waals surface area contributed by atoms with E-state index in [1.54, 1.807) is 29.8 Å². The zero-order valence-corrected chi connectivity index (χ0v) is 16.2. The van der Waals surface area contributed by atoms with Gasteiger partial charge in [-0.3, -0.25) is 4.98 Å². The Morgan fingerprint density at radius 3 is 2.67 bits per heavy atom. The van der Waals surface area contributed by atoms with Gasteiger partial charge in [0.05, 0.1) is 11.4 Å². The minimum Gasteiger partial charge on any atom is -0.472 e. The third kappa shape index (κ3) is 4.35. The van der Waals surface area contributed by atoms with Gasteiger partial charge in [-0.1, -0.05) is 0 Å². The van der Waals surface area contributed by atoms with E-state index >= 15 is 0 Å². The summed E-state index contributed by atoms with van der Waals surface area (Å²) in [6.45, 7) is 1.92. The number of rotatable bonds is 7. The quantitative estimate of drug-likeness (QED) is 0.580. The maximum Gasteiger partial charge on any atom is 0.265 e. The first-order chi connectivity index (χ1) is 14.4. The van der Waals surface area contributed by atoms with Gasteiger partial charge in [-0.2, -0.15) is 10.4 Å². The molecule has 3 rings (SSSR count).